The molecule has 3 rings (SSSR count). The van der Waals surface area contributed by atoms with Gasteiger partial charge in [-0.3, -0.25) is 0 Å². The zero-order valence-corrected chi connectivity index (χ0v) is 12.4. The highest BCUT2D eigenvalue weighted by Gasteiger charge is 2.16. The van der Waals surface area contributed by atoms with E-state index < -0.39 is 15.8 Å². The molecule has 0 aliphatic carbocycles. The van der Waals surface area contributed by atoms with Crippen molar-refractivity contribution >= 4 is 26.3 Å². The number of benzene rings is 1. The Bertz CT molecular complexity index is 874. The summed E-state index contributed by atoms with van der Waals surface area (Å²) in [5, 5.41) is 12.2. The molecule has 7 nitrogen and oxygen atoms in total. The number of hydrogen-bond acceptors (Lipinski definition) is 6. The lowest BCUT2D eigenvalue weighted by molar-refractivity contribution is 0.579. The first-order valence-corrected chi connectivity index (χ1v) is 8.17. The van der Waals surface area contributed by atoms with Gasteiger partial charge in [-0.1, -0.05) is 11.3 Å². The van der Waals surface area contributed by atoms with Gasteiger partial charge in [0.25, 0.3) is 0 Å². The van der Waals surface area contributed by atoms with Gasteiger partial charge in [-0.25, -0.2) is 17.5 Å². The Hall–Kier alpha value is -1.91. The summed E-state index contributed by atoms with van der Waals surface area (Å²) in [6.07, 6.45) is 1.44. The quantitative estimate of drug-likeness (QED) is 0.775. The third-order valence-electron chi connectivity index (χ3n) is 2.78. The van der Waals surface area contributed by atoms with Crippen molar-refractivity contribution in [2.75, 3.05) is 0 Å². The number of hydrogen-bond donors (Lipinski definition) is 1. The zero-order chi connectivity index (χ0) is 15.0. The molecule has 21 heavy (non-hydrogen) atoms. The topological polar surface area (TPSA) is 89.2 Å². The standard InChI is InChI=1S/C11H10FN5O2S2/c1-7-4-8(2-3-9(7)12)21(18,19)14-5-10-16-17-6-13-15-11(17)20-10/h2-4,6,14H,5H2,1H3. The lowest BCUT2D eigenvalue weighted by Gasteiger charge is -2.06. The number of aryl methyl sites for hydroxylation is 1. The molecule has 0 amide bonds. The molecule has 3 aromatic rings. The Morgan fingerprint density at radius 1 is 1.43 bits per heavy atom. The summed E-state index contributed by atoms with van der Waals surface area (Å²) in [5.74, 6) is -0.442. The Morgan fingerprint density at radius 3 is 2.95 bits per heavy atom. The molecule has 0 radical (unpaired) electrons. The molecule has 0 saturated heterocycles. The zero-order valence-electron chi connectivity index (χ0n) is 10.8. The summed E-state index contributed by atoms with van der Waals surface area (Å²) in [7, 11) is -3.71. The van der Waals surface area contributed by atoms with Crippen molar-refractivity contribution in [3.8, 4) is 0 Å². The maximum Gasteiger partial charge on any atom is 0.240 e. The maximum atomic E-state index is 13.2. The summed E-state index contributed by atoms with van der Waals surface area (Å²) in [5.41, 5.74) is 0.275. The average molecular weight is 327 g/mol. The second-order valence-corrected chi connectivity index (χ2v) is 7.10. The highest BCUT2D eigenvalue weighted by Crippen LogP contribution is 2.16. The first kappa shape index (κ1) is 14.0. The second-order valence-electron chi connectivity index (χ2n) is 4.29. The van der Waals surface area contributed by atoms with Gasteiger partial charge in [0.15, 0.2) is 0 Å². The average Bonchev–Trinajstić information content (AvgIpc) is 3.00. The molecule has 0 saturated carbocycles. The van der Waals surface area contributed by atoms with E-state index in [1.165, 1.54) is 41.2 Å². The number of halogens is 1. The van der Waals surface area contributed by atoms with Gasteiger partial charge in [-0.2, -0.15) is 9.61 Å². The van der Waals surface area contributed by atoms with E-state index in [0.717, 1.165) is 6.07 Å². The molecule has 0 aliphatic rings. The van der Waals surface area contributed by atoms with Gasteiger partial charge >= 0.3 is 0 Å². The highest BCUT2D eigenvalue weighted by atomic mass is 32.2. The van der Waals surface area contributed by atoms with E-state index in [1.54, 1.807) is 0 Å². The van der Waals surface area contributed by atoms with E-state index in [-0.39, 0.29) is 17.0 Å². The fourth-order valence-electron chi connectivity index (χ4n) is 1.70. The monoisotopic (exact) mass is 327 g/mol. The van der Waals surface area contributed by atoms with Crippen LogP contribution < -0.4 is 4.72 Å². The second kappa shape index (κ2) is 5.13. The van der Waals surface area contributed by atoms with Crippen LogP contribution in [0.1, 0.15) is 10.6 Å². The third kappa shape index (κ3) is 2.77. The van der Waals surface area contributed by atoms with E-state index in [9.17, 15) is 12.8 Å². The van der Waals surface area contributed by atoms with Crippen LogP contribution in [0.25, 0.3) is 4.96 Å². The Morgan fingerprint density at radius 2 is 2.24 bits per heavy atom. The molecule has 0 spiro atoms. The van der Waals surface area contributed by atoms with E-state index >= 15 is 0 Å². The summed E-state index contributed by atoms with van der Waals surface area (Å²) in [6.45, 7) is 1.55. The van der Waals surface area contributed by atoms with E-state index in [4.69, 9.17) is 0 Å². The van der Waals surface area contributed by atoms with Gasteiger partial charge in [-0.15, -0.1) is 10.2 Å². The molecule has 0 bridgehead atoms. The van der Waals surface area contributed by atoms with E-state index in [2.05, 4.69) is 20.0 Å². The van der Waals surface area contributed by atoms with Crippen LogP contribution in [0.5, 0.6) is 0 Å². The number of rotatable bonds is 4. The largest absolute Gasteiger partial charge is 0.240 e. The van der Waals surface area contributed by atoms with Crippen LogP contribution in [0.2, 0.25) is 0 Å². The van der Waals surface area contributed by atoms with Gasteiger partial charge in [0.2, 0.25) is 15.0 Å². The summed E-state index contributed by atoms with van der Waals surface area (Å²) < 4.78 is 41.3. The summed E-state index contributed by atoms with van der Waals surface area (Å²) in [6, 6.07) is 3.65. The van der Waals surface area contributed by atoms with Gasteiger partial charge in [0.1, 0.15) is 17.2 Å². The Labute approximate surface area is 123 Å². The molecular weight excluding hydrogens is 317 g/mol. The third-order valence-corrected chi connectivity index (χ3v) is 5.09. The predicted molar refractivity (Wildman–Crippen MR) is 73.8 cm³/mol. The number of aromatic nitrogens is 4. The molecule has 110 valence electrons. The van der Waals surface area contributed by atoms with Crippen molar-refractivity contribution in [2.24, 2.45) is 0 Å². The number of nitrogens with zero attached hydrogens (tertiary/aromatic N) is 4. The van der Waals surface area contributed by atoms with Crippen LogP contribution in [-0.2, 0) is 16.6 Å². The van der Waals surface area contributed by atoms with Crippen molar-refractivity contribution in [1.29, 1.82) is 0 Å². The van der Waals surface area contributed by atoms with E-state index in [0.29, 0.717) is 9.97 Å². The lowest BCUT2D eigenvalue weighted by Crippen LogP contribution is -2.23. The van der Waals surface area contributed by atoms with Crippen LogP contribution in [-0.4, -0.2) is 28.2 Å². The first-order valence-electron chi connectivity index (χ1n) is 5.87. The normalized spacial score (nSPS) is 12.1. The summed E-state index contributed by atoms with van der Waals surface area (Å²) >= 11 is 1.24. The minimum Gasteiger partial charge on any atom is -0.207 e. The van der Waals surface area contributed by atoms with Crippen molar-refractivity contribution in [1.82, 2.24) is 24.5 Å². The van der Waals surface area contributed by atoms with Crippen molar-refractivity contribution in [2.45, 2.75) is 18.4 Å². The number of nitrogens with one attached hydrogen (secondary N) is 1. The molecule has 2 heterocycles. The van der Waals surface area contributed by atoms with Crippen molar-refractivity contribution in [3.05, 3.63) is 40.9 Å². The highest BCUT2D eigenvalue weighted by molar-refractivity contribution is 7.89. The first-order chi connectivity index (χ1) is 9.95. The molecule has 2 aromatic heterocycles. The van der Waals surface area contributed by atoms with Crippen LogP contribution in [0, 0.1) is 12.7 Å². The predicted octanol–water partition coefficient (Wildman–Crippen LogP) is 1.11. The van der Waals surface area contributed by atoms with Crippen LogP contribution in [0.15, 0.2) is 29.4 Å². The number of fused-ring (bicyclic) bond motifs is 1. The van der Waals surface area contributed by atoms with Gasteiger partial charge < -0.3 is 0 Å². The molecule has 1 aromatic carbocycles. The van der Waals surface area contributed by atoms with Crippen LogP contribution in [0.4, 0.5) is 4.39 Å². The van der Waals surface area contributed by atoms with Gasteiger partial charge in [-0.05, 0) is 30.7 Å². The fourth-order valence-corrected chi connectivity index (χ4v) is 3.61. The maximum absolute atomic E-state index is 13.2. The summed E-state index contributed by atoms with van der Waals surface area (Å²) in [4.78, 5) is 0.603. The minimum absolute atomic E-state index is 0.0180. The molecule has 10 heteroatoms. The lowest BCUT2D eigenvalue weighted by atomic mass is 10.2. The van der Waals surface area contributed by atoms with Crippen LogP contribution >= 0.6 is 11.3 Å². The van der Waals surface area contributed by atoms with Crippen LogP contribution in [0.3, 0.4) is 0 Å². The SMILES string of the molecule is Cc1cc(S(=O)(=O)NCc2nn3cnnc3s2)ccc1F. The van der Waals surface area contributed by atoms with Gasteiger partial charge in [0, 0.05) is 0 Å². The van der Waals surface area contributed by atoms with Crippen molar-refractivity contribution in [3.63, 3.8) is 0 Å². The molecule has 0 aliphatic heterocycles. The Balaban J connectivity index is 1.79. The molecule has 1 N–H and O–H groups in total. The number of sulfonamides is 1. The molecular formula is C11H10FN5O2S2. The molecule has 0 unspecified atom stereocenters. The fraction of sp³-hybridized carbons (Fsp3) is 0.182. The molecule has 0 atom stereocenters. The van der Waals surface area contributed by atoms with E-state index in [1.807, 2.05) is 0 Å². The Kier molecular flexibility index (Phi) is 3.43. The molecule has 0 fully saturated rings. The van der Waals surface area contributed by atoms with Gasteiger partial charge in [0.05, 0.1) is 11.4 Å². The smallest absolute Gasteiger partial charge is 0.207 e. The minimum atomic E-state index is -3.71. The van der Waals surface area contributed by atoms with Crippen molar-refractivity contribution < 1.29 is 12.8 Å².